The van der Waals surface area contributed by atoms with Gasteiger partial charge in [-0.3, -0.25) is 4.79 Å². The smallest absolute Gasteiger partial charge is 0.244 e. The van der Waals surface area contributed by atoms with Gasteiger partial charge in [-0.2, -0.15) is 0 Å². The fraction of sp³-hybridized carbons (Fsp3) is 0.467. The summed E-state index contributed by atoms with van der Waals surface area (Å²) in [6.45, 7) is 4.57. The molecule has 1 aromatic heterocycles. The molecule has 0 unspecified atom stereocenters. The summed E-state index contributed by atoms with van der Waals surface area (Å²) in [6.07, 6.45) is 6.37. The van der Waals surface area contributed by atoms with E-state index in [1.54, 1.807) is 24.4 Å². The first-order chi connectivity index (χ1) is 9.55. The molecule has 0 aromatic carbocycles. The largest absolute Gasteiger partial charge is 0.396 e. The molecule has 0 spiro atoms. The lowest BCUT2D eigenvalue weighted by atomic mass is 9.83. The number of nitrogens with one attached hydrogen (secondary N) is 1. The molecule has 110 valence electrons. The van der Waals surface area contributed by atoms with Crippen molar-refractivity contribution < 1.29 is 9.90 Å². The monoisotopic (exact) mass is 296 g/mol. The van der Waals surface area contributed by atoms with Gasteiger partial charge in [-0.05, 0) is 36.6 Å². The predicted octanol–water partition coefficient (Wildman–Crippen LogP) is 2.66. The Morgan fingerprint density at radius 3 is 2.75 bits per heavy atom. The lowest BCUT2D eigenvalue weighted by Gasteiger charge is -2.29. The summed E-state index contributed by atoms with van der Waals surface area (Å²) in [4.78, 5) is 15.6. The van der Waals surface area contributed by atoms with Crippen molar-refractivity contribution in [3.63, 3.8) is 0 Å². The predicted molar refractivity (Wildman–Crippen MR) is 81.4 cm³/mol. The molecule has 1 rings (SSSR count). The van der Waals surface area contributed by atoms with Crippen molar-refractivity contribution in [1.82, 2.24) is 10.3 Å². The van der Waals surface area contributed by atoms with Gasteiger partial charge in [0, 0.05) is 24.2 Å². The fourth-order valence-corrected chi connectivity index (χ4v) is 1.99. The van der Waals surface area contributed by atoms with Gasteiger partial charge in [0.2, 0.25) is 5.91 Å². The summed E-state index contributed by atoms with van der Waals surface area (Å²) in [5.74, 6) is -0.183. The van der Waals surface area contributed by atoms with Crippen molar-refractivity contribution in [2.45, 2.75) is 26.7 Å². The zero-order chi connectivity index (χ0) is 15.0. The Bertz CT molecular complexity index is 462. The molecule has 5 heteroatoms. The maximum atomic E-state index is 11.8. The van der Waals surface area contributed by atoms with Gasteiger partial charge < -0.3 is 10.4 Å². The summed E-state index contributed by atoms with van der Waals surface area (Å²) >= 11 is 5.76. The molecular weight excluding hydrogens is 276 g/mol. The highest BCUT2D eigenvalue weighted by atomic mass is 35.5. The number of carbonyl (C=O) groups excluding carboxylic acids is 1. The van der Waals surface area contributed by atoms with Gasteiger partial charge in [-0.25, -0.2) is 4.98 Å². The van der Waals surface area contributed by atoms with Crippen molar-refractivity contribution in [1.29, 1.82) is 0 Å². The van der Waals surface area contributed by atoms with E-state index in [1.165, 1.54) is 6.08 Å². The summed E-state index contributed by atoms with van der Waals surface area (Å²) in [7, 11) is 0. The number of rotatable bonds is 7. The first-order valence-corrected chi connectivity index (χ1v) is 7.11. The molecule has 20 heavy (non-hydrogen) atoms. The average Bonchev–Trinajstić information content (AvgIpc) is 2.47. The van der Waals surface area contributed by atoms with Crippen LogP contribution >= 0.6 is 11.6 Å². The van der Waals surface area contributed by atoms with Gasteiger partial charge in [0.05, 0.1) is 6.61 Å². The van der Waals surface area contributed by atoms with Crippen LogP contribution in [0.5, 0.6) is 0 Å². The molecule has 0 bridgehead atoms. The van der Waals surface area contributed by atoms with Crippen LogP contribution in [0.3, 0.4) is 0 Å². The summed E-state index contributed by atoms with van der Waals surface area (Å²) in [5.41, 5.74) is 0.586. The topological polar surface area (TPSA) is 62.2 Å². The third-order valence-corrected chi connectivity index (χ3v) is 3.86. The molecule has 2 N–H and O–H groups in total. The van der Waals surface area contributed by atoms with E-state index in [9.17, 15) is 9.90 Å². The van der Waals surface area contributed by atoms with Gasteiger partial charge >= 0.3 is 0 Å². The molecule has 1 aromatic rings. The van der Waals surface area contributed by atoms with Gasteiger partial charge in [-0.1, -0.05) is 25.4 Å². The Labute approximate surface area is 124 Å². The van der Waals surface area contributed by atoms with Crippen molar-refractivity contribution in [2.24, 2.45) is 5.41 Å². The van der Waals surface area contributed by atoms with E-state index < -0.39 is 0 Å². The van der Waals surface area contributed by atoms with Gasteiger partial charge in [0.1, 0.15) is 5.15 Å². The number of pyridine rings is 1. The second kappa shape index (κ2) is 8.02. The van der Waals surface area contributed by atoms with Crippen LogP contribution in [0, 0.1) is 5.41 Å². The number of nitrogens with zero attached hydrogens (tertiary/aromatic N) is 1. The average molecular weight is 297 g/mol. The normalized spacial score (nSPS) is 11.8. The lowest BCUT2D eigenvalue weighted by molar-refractivity contribution is -0.117. The van der Waals surface area contributed by atoms with Gasteiger partial charge in [-0.15, -0.1) is 0 Å². The molecule has 0 saturated carbocycles. The van der Waals surface area contributed by atoms with E-state index in [2.05, 4.69) is 10.3 Å². The first kappa shape index (κ1) is 16.7. The number of carbonyl (C=O) groups is 1. The number of hydrogen-bond donors (Lipinski definition) is 2. The van der Waals surface area contributed by atoms with Crippen LogP contribution in [0.15, 0.2) is 24.4 Å². The third-order valence-electron chi connectivity index (χ3n) is 3.65. The van der Waals surface area contributed by atoms with E-state index in [0.29, 0.717) is 11.7 Å². The minimum absolute atomic E-state index is 0.0734. The Hall–Kier alpha value is -1.39. The maximum Gasteiger partial charge on any atom is 0.244 e. The molecule has 0 saturated heterocycles. The van der Waals surface area contributed by atoms with Crippen LogP contribution in [0.4, 0.5) is 0 Å². The van der Waals surface area contributed by atoms with E-state index >= 15 is 0 Å². The van der Waals surface area contributed by atoms with Crippen LogP contribution < -0.4 is 5.32 Å². The molecule has 0 aliphatic rings. The van der Waals surface area contributed by atoms with Crippen molar-refractivity contribution in [2.75, 3.05) is 13.2 Å². The molecule has 0 aliphatic carbocycles. The standard InChI is InChI=1S/C15H21ClN2O2/c1-3-15(4-2,11-19)10-18-14(20)6-5-12-7-8-17-13(16)9-12/h5-9,19H,3-4,10-11H2,1-2H3,(H,18,20)/b6-5+. The summed E-state index contributed by atoms with van der Waals surface area (Å²) in [5, 5.41) is 12.7. The fourth-order valence-electron chi connectivity index (χ4n) is 1.81. The second-order valence-corrected chi connectivity index (χ2v) is 5.22. The third kappa shape index (κ3) is 4.94. The number of hydrogen-bond acceptors (Lipinski definition) is 3. The molecule has 4 nitrogen and oxygen atoms in total. The molecule has 1 heterocycles. The molecule has 1 amide bonds. The van der Waals surface area contributed by atoms with Crippen LogP contribution in [0.1, 0.15) is 32.3 Å². The SMILES string of the molecule is CCC(CC)(CO)CNC(=O)/C=C/c1ccnc(Cl)c1. The summed E-state index contributed by atoms with van der Waals surface area (Å²) in [6, 6.07) is 3.45. The maximum absolute atomic E-state index is 11.8. The molecular formula is C15H21ClN2O2. The molecule has 0 aliphatic heterocycles. The molecule has 0 radical (unpaired) electrons. The second-order valence-electron chi connectivity index (χ2n) is 4.83. The molecule has 0 fully saturated rings. The number of aromatic nitrogens is 1. The van der Waals surface area contributed by atoms with Crippen LogP contribution in [-0.2, 0) is 4.79 Å². The number of aliphatic hydroxyl groups is 1. The highest BCUT2D eigenvalue weighted by Gasteiger charge is 2.25. The van der Waals surface area contributed by atoms with E-state index in [4.69, 9.17) is 11.6 Å². The highest BCUT2D eigenvalue weighted by molar-refractivity contribution is 6.29. The summed E-state index contributed by atoms with van der Waals surface area (Å²) < 4.78 is 0. The minimum atomic E-state index is -0.233. The Kier molecular flexibility index (Phi) is 6.68. The first-order valence-electron chi connectivity index (χ1n) is 6.73. The van der Waals surface area contributed by atoms with Crippen molar-refractivity contribution in [3.8, 4) is 0 Å². The lowest BCUT2D eigenvalue weighted by Crippen LogP contribution is -2.38. The Morgan fingerprint density at radius 1 is 1.50 bits per heavy atom. The molecule has 0 atom stereocenters. The van der Waals surface area contributed by atoms with Crippen LogP contribution in [0.2, 0.25) is 5.15 Å². The van der Waals surface area contributed by atoms with Gasteiger partial charge in [0.25, 0.3) is 0 Å². The highest BCUT2D eigenvalue weighted by Crippen LogP contribution is 2.24. The number of amides is 1. The zero-order valence-corrected chi connectivity index (χ0v) is 12.7. The van der Waals surface area contributed by atoms with E-state index in [1.807, 2.05) is 13.8 Å². The van der Waals surface area contributed by atoms with Crippen molar-refractivity contribution >= 4 is 23.6 Å². The minimum Gasteiger partial charge on any atom is -0.396 e. The van der Waals surface area contributed by atoms with Crippen LogP contribution in [-0.4, -0.2) is 29.1 Å². The Morgan fingerprint density at radius 2 is 2.20 bits per heavy atom. The van der Waals surface area contributed by atoms with Gasteiger partial charge in [0.15, 0.2) is 0 Å². The van der Waals surface area contributed by atoms with E-state index in [0.717, 1.165) is 18.4 Å². The zero-order valence-electron chi connectivity index (χ0n) is 11.9. The number of halogens is 1. The van der Waals surface area contributed by atoms with Crippen LogP contribution in [0.25, 0.3) is 6.08 Å². The quantitative estimate of drug-likeness (QED) is 0.601. The Balaban J connectivity index is 2.55. The number of aliphatic hydroxyl groups excluding tert-OH is 1. The van der Waals surface area contributed by atoms with Crippen molar-refractivity contribution in [3.05, 3.63) is 35.1 Å². The van der Waals surface area contributed by atoms with E-state index in [-0.39, 0.29) is 17.9 Å².